The molecule has 0 saturated heterocycles. The summed E-state index contributed by atoms with van der Waals surface area (Å²) in [6.07, 6.45) is 0.917. The molecule has 2 aromatic rings. The zero-order chi connectivity index (χ0) is 13.8. The van der Waals surface area contributed by atoms with Crippen molar-refractivity contribution in [3.05, 3.63) is 35.7 Å². The number of nitrogens with one attached hydrogen (secondary N) is 1. The zero-order valence-electron chi connectivity index (χ0n) is 11.3. The third kappa shape index (κ3) is 2.71. The van der Waals surface area contributed by atoms with Crippen LogP contribution in [-0.2, 0) is 0 Å². The first kappa shape index (κ1) is 13.4. The molecule has 1 aromatic heterocycles. The number of anilines is 1. The second kappa shape index (κ2) is 5.75. The van der Waals surface area contributed by atoms with Crippen LogP contribution in [-0.4, -0.2) is 28.0 Å². The van der Waals surface area contributed by atoms with Gasteiger partial charge in [0.1, 0.15) is 11.4 Å². The minimum absolute atomic E-state index is 0.224. The van der Waals surface area contributed by atoms with Crippen molar-refractivity contribution in [2.45, 2.75) is 20.3 Å². The summed E-state index contributed by atoms with van der Waals surface area (Å²) in [7, 11) is 0. The van der Waals surface area contributed by atoms with E-state index in [0.717, 1.165) is 30.0 Å². The number of aromatic hydroxyl groups is 1. The highest BCUT2D eigenvalue weighted by Gasteiger charge is 2.14. The van der Waals surface area contributed by atoms with Gasteiger partial charge in [0.05, 0.1) is 17.1 Å². The van der Waals surface area contributed by atoms with E-state index in [2.05, 4.69) is 10.4 Å². The summed E-state index contributed by atoms with van der Waals surface area (Å²) in [5.41, 5.74) is 9.09. The average molecular weight is 260 g/mol. The number of aromatic nitrogens is 2. The Balaban J connectivity index is 2.33. The van der Waals surface area contributed by atoms with E-state index < -0.39 is 0 Å². The first-order valence-corrected chi connectivity index (χ1v) is 6.43. The topological polar surface area (TPSA) is 76.1 Å². The molecule has 19 heavy (non-hydrogen) atoms. The molecule has 5 nitrogen and oxygen atoms in total. The molecule has 1 aromatic carbocycles. The molecule has 1 heterocycles. The van der Waals surface area contributed by atoms with E-state index in [4.69, 9.17) is 5.73 Å². The number of aryl methyl sites for hydroxylation is 1. The number of hydrogen-bond acceptors (Lipinski definition) is 4. The molecule has 4 N–H and O–H groups in total. The lowest BCUT2D eigenvalue weighted by atomic mass is 10.2. The van der Waals surface area contributed by atoms with E-state index >= 15 is 0 Å². The van der Waals surface area contributed by atoms with Crippen molar-refractivity contribution < 1.29 is 5.11 Å². The lowest BCUT2D eigenvalue weighted by Crippen LogP contribution is -2.09. The van der Waals surface area contributed by atoms with E-state index in [0.29, 0.717) is 12.2 Å². The Labute approximate surface area is 113 Å². The van der Waals surface area contributed by atoms with Gasteiger partial charge in [-0.3, -0.25) is 0 Å². The normalized spacial score (nSPS) is 10.7. The van der Waals surface area contributed by atoms with Gasteiger partial charge in [-0.15, -0.1) is 0 Å². The SMILES string of the molecule is Cc1nn(-c2ccccc2O)c(C)c1NCCCN. The average Bonchev–Trinajstić information content (AvgIpc) is 2.67. The Morgan fingerprint density at radius 3 is 2.74 bits per heavy atom. The third-order valence-corrected chi connectivity index (χ3v) is 3.08. The fourth-order valence-corrected chi connectivity index (χ4v) is 2.09. The number of hydrogen-bond donors (Lipinski definition) is 3. The highest BCUT2D eigenvalue weighted by molar-refractivity contribution is 5.56. The number of nitrogens with two attached hydrogens (primary N) is 1. The smallest absolute Gasteiger partial charge is 0.141 e. The summed E-state index contributed by atoms with van der Waals surface area (Å²) in [5, 5.41) is 17.7. The zero-order valence-corrected chi connectivity index (χ0v) is 11.3. The highest BCUT2D eigenvalue weighted by Crippen LogP contribution is 2.27. The van der Waals surface area contributed by atoms with Crippen LogP contribution in [0.1, 0.15) is 17.8 Å². The monoisotopic (exact) mass is 260 g/mol. The maximum atomic E-state index is 9.90. The van der Waals surface area contributed by atoms with Crippen molar-refractivity contribution in [3.8, 4) is 11.4 Å². The summed E-state index contributed by atoms with van der Waals surface area (Å²) in [4.78, 5) is 0. The fourth-order valence-electron chi connectivity index (χ4n) is 2.09. The van der Waals surface area contributed by atoms with Crippen LogP contribution >= 0.6 is 0 Å². The molecule has 0 amide bonds. The van der Waals surface area contributed by atoms with Gasteiger partial charge in [0.2, 0.25) is 0 Å². The van der Waals surface area contributed by atoms with Gasteiger partial charge in [-0.2, -0.15) is 5.10 Å². The predicted octanol–water partition coefficient (Wildman–Crippen LogP) is 1.96. The Bertz CT molecular complexity index is 563. The first-order valence-electron chi connectivity index (χ1n) is 6.43. The third-order valence-electron chi connectivity index (χ3n) is 3.08. The van der Waals surface area contributed by atoms with E-state index in [-0.39, 0.29) is 5.75 Å². The van der Waals surface area contributed by atoms with Crippen LogP contribution in [0.5, 0.6) is 5.75 Å². The van der Waals surface area contributed by atoms with Crippen LogP contribution in [0.15, 0.2) is 24.3 Å². The van der Waals surface area contributed by atoms with Crippen LogP contribution in [0.2, 0.25) is 0 Å². The molecule has 0 spiro atoms. The molecular formula is C14H20N4O. The van der Waals surface area contributed by atoms with Crippen molar-refractivity contribution in [3.63, 3.8) is 0 Å². The standard InChI is InChI=1S/C14H20N4O/c1-10-14(16-9-5-8-15)11(2)18(17-10)12-6-3-4-7-13(12)19/h3-4,6-7,16,19H,5,8-9,15H2,1-2H3. The van der Waals surface area contributed by atoms with Gasteiger partial charge in [0.25, 0.3) is 0 Å². The minimum atomic E-state index is 0.224. The first-order chi connectivity index (χ1) is 9.15. The number of benzene rings is 1. The van der Waals surface area contributed by atoms with Gasteiger partial charge in [0, 0.05) is 6.54 Å². The van der Waals surface area contributed by atoms with Crippen molar-refractivity contribution in [2.24, 2.45) is 5.73 Å². The van der Waals surface area contributed by atoms with Crippen molar-refractivity contribution >= 4 is 5.69 Å². The van der Waals surface area contributed by atoms with Crippen LogP contribution in [0.3, 0.4) is 0 Å². The lowest BCUT2D eigenvalue weighted by molar-refractivity contribution is 0.470. The molecule has 0 aliphatic heterocycles. The summed E-state index contributed by atoms with van der Waals surface area (Å²) >= 11 is 0. The number of phenols is 1. The molecule has 0 fully saturated rings. The lowest BCUT2D eigenvalue weighted by Gasteiger charge is -2.08. The summed E-state index contributed by atoms with van der Waals surface area (Å²) in [6.45, 7) is 5.43. The number of phenolic OH excluding ortho intramolecular Hbond substituents is 1. The molecule has 5 heteroatoms. The summed E-state index contributed by atoms with van der Waals surface area (Å²) in [5.74, 6) is 0.224. The van der Waals surface area contributed by atoms with Crippen molar-refractivity contribution in [2.75, 3.05) is 18.4 Å². The maximum absolute atomic E-state index is 9.90. The summed E-state index contributed by atoms with van der Waals surface area (Å²) < 4.78 is 1.76. The largest absolute Gasteiger partial charge is 0.506 e. The number of para-hydroxylation sites is 2. The van der Waals surface area contributed by atoms with Crippen LogP contribution in [0.4, 0.5) is 5.69 Å². The van der Waals surface area contributed by atoms with Crippen molar-refractivity contribution in [1.29, 1.82) is 0 Å². The van der Waals surface area contributed by atoms with Crippen LogP contribution in [0.25, 0.3) is 5.69 Å². The molecule has 102 valence electrons. The maximum Gasteiger partial charge on any atom is 0.141 e. The Hall–Kier alpha value is -2.01. The Morgan fingerprint density at radius 1 is 1.32 bits per heavy atom. The molecule has 0 saturated carbocycles. The van der Waals surface area contributed by atoms with Gasteiger partial charge < -0.3 is 16.2 Å². The van der Waals surface area contributed by atoms with E-state index in [1.807, 2.05) is 26.0 Å². The van der Waals surface area contributed by atoms with Gasteiger partial charge in [-0.05, 0) is 38.9 Å². The second-order valence-corrected chi connectivity index (χ2v) is 4.52. The molecule has 0 bridgehead atoms. The minimum Gasteiger partial charge on any atom is -0.506 e. The quantitative estimate of drug-likeness (QED) is 0.718. The van der Waals surface area contributed by atoms with Crippen LogP contribution < -0.4 is 11.1 Å². The van der Waals surface area contributed by atoms with Crippen molar-refractivity contribution in [1.82, 2.24) is 9.78 Å². The summed E-state index contributed by atoms with van der Waals surface area (Å²) in [6, 6.07) is 7.18. The highest BCUT2D eigenvalue weighted by atomic mass is 16.3. The van der Waals surface area contributed by atoms with E-state index in [9.17, 15) is 5.11 Å². The number of rotatable bonds is 5. The van der Waals surface area contributed by atoms with E-state index in [1.54, 1.807) is 16.8 Å². The number of nitrogens with zero attached hydrogens (tertiary/aromatic N) is 2. The van der Waals surface area contributed by atoms with Crippen LogP contribution in [0, 0.1) is 13.8 Å². The molecule has 0 unspecified atom stereocenters. The van der Waals surface area contributed by atoms with Gasteiger partial charge in [0.15, 0.2) is 0 Å². The predicted molar refractivity (Wildman–Crippen MR) is 76.9 cm³/mol. The fraction of sp³-hybridized carbons (Fsp3) is 0.357. The van der Waals surface area contributed by atoms with Gasteiger partial charge in [-0.25, -0.2) is 4.68 Å². The van der Waals surface area contributed by atoms with E-state index in [1.165, 1.54) is 0 Å². The molecular weight excluding hydrogens is 240 g/mol. The second-order valence-electron chi connectivity index (χ2n) is 4.52. The molecule has 0 radical (unpaired) electrons. The molecule has 0 atom stereocenters. The Kier molecular flexibility index (Phi) is 4.06. The Morgan fingerprint density at radius 2 is 2.05 bits per heavy atom. The molecule has 0 aliphatic rings. The van der Waals surface area contributed by atoms with Gasteiger partial charge >= 0.3 is 0 Å². The molecule has 0 aliphatic carbocycles. The molecule has 2 rings (SSSR count). The van der Waals surface area contributed by atoms with Gasteiger partial charge in [-0.1, -0.05) is 12.1 Å².